The predicted molar refractivity (Wildman–Crippen MR) is 74.8 cm³/mol. The average molecular weight is 291 g/mol. The number of hydrogen-bond acceptors (Lipinski definition) is 4. The predicted octanol–water partition coefficient (Wildman–Crippen LogP) is 0.975. The van der Waals surface area contributed by atoms with Gasteiger partial charge in [0.05, 0.1) is 11.5 Å². The lowest BCUT2D eigenvalue weighted by molar-refractivity contribution is -0.129. The van der Waals surface area contributed by atoms with Crippen molar-refractivity contribution < 1.29 is 19.5 Å². The molecule has 0 aromatic carbocycles. The van der Waals surface area contributed by atoms with Gasteiger partial charge in [-0.3, -0.25) is 9.59 Å². The van der Waals surface area contributed by atoms with Crippen LogP contribution in [-0.4, -0.2) is 45.4 Å². The van der Waals surface area contributed by atoms with Gasteiger partial charge in [-0.25, -0.2) is 9.78 Å². The highest BCUT2D eigenvalue weighted by Crippen LogP contribution is 2.21. The van der Waals surface area contributed by atoms with Crippen molar-refractivity contribution >= 4 is 23.6 Å². The van der Waals surface area contributed by atoms with Crippen LogP contribution in [0.1, 0.15) is 30.6 Å². The molecule has 7 heteroatoms. The van der Waals surface area contributed by atoms with Crippen molar-refractivity contribution in [1.29, 1.82) is 0 Å². The van der Waals surface area contributed by atoms with Gasteiger partial charge >= 0.3 is 5.97 Å². The molecule has 2 amide bonds. The number of pyridine rings is 1. The molecule has 1 unspecified atom stereocenters. The Morgan fingerprint density at radius 3 is 2.76 bits per heavy atom. The lowest BCUT2D eigenvalue weighted by Crippen LogP contribution is -2.33. The zero-order chi connectivity index (χ0) is 15.6. The van der Waals surface area contributed by atoms with E-state index in [1.807, 2.05) is 13.8 Å². The van der Waals surface area contributed by atoms with Gasteiger partial charge < -0.3 is 15.3 Å². The molecule has 21 heavy (non-hydrogen) atoms. The van der Waals surface area contributed by atoms with E-state index < -0.39 is 11.9 Å². The first-order valence-electron chi connectivity index (χ1n) is 6.68. The minimum absolute atomic E-state index is 0.0441. The molecule has 1 atom stereocenters. The summed E-state index contributed by atoms with van der Waals surface area (Å²) in [7, 11) is 0. The van der Waals surface area contributed by atoms with Gasteiger partial charge in [0.15, 0.2) is 0 Å². The number of amides is 2. The highest BCUT2D eigenvalue weighted by Gasteiger charge is 2.35. The first-order chi connectivity index (χ1) is 9.88. The van der Waals surface area contributed by atoms with E-state index in [0.717, 1.165) is 0 Å². The van der Waals surface area contributed by atoms with Crippen LogP contribution in [0.2, 0.25) is 0 Å². The summed E-state index contributed by atoms with van der Waals surface area (Å²) in [5, 5.41) is 11.5. The van der Waals surface area contributed by atoms with E-state index in [4.69, 9.17) is 5.11 Å². The van der Waals surface area contributed by atoms with Gasteiger partial charge in [-0.2, -0.15) is 0 Å². The quantitative estimate of drug-likeness (QED) is 0.861. The fraction of sp³-hybridized carbons (Fsp3) is 0.429. The molecule has 1 aliphatic heterocycles. The van der Waals surface area contributed by atoms with Crippen LogP contribution in [0, 0.1) is 5.92 Å². The number of nitrogens with zero attached hydrogens (tertiary/aromatic N) is 2. The molecule has 1 aromatic heterocycles. The summed E-state index contributed by atoms with van der Waals surface area (Å²) in [4.78, 5) is 40.3. The molecule has 0 bridgehead atoms. The number of carbonyl (C=O) groups excluding carboxylic acids is 2. The van der Waals surface area contributed by atoms with E-state index in [-0.39, 0.29) is 35.7 Å². The summed E-state index contributed by atoms with van der Waals surface area (Å²) >= 11 is 0. The van der Waals surface area contributed by atoms with Gasteiger partial charge in [0.1, 0.15) is 5.82 Å². The zero-order valence-corrected chi connectivity index (χ0v) is 11.9. The largest absolute Gasteiger partial charge is 0.478 e. The fourth-order valence-corrected chi connectivity index (χ4v) is 2.27. The maximum absolute atomic E-state index is 12.1. The molecular weight excluding hydrogens is 274 g/mol. The molecule has 2 heterocycles. The second kappa shape index (κ2) is 5.90. The fourth-order valence-electron chi connectivity index (χ4n) is 2.27. The minimum atomic E-state index is -1.09. The number of likely N-dealkylation sites (tertiary alicyclic amines) is 1. The highest BCUT2D eigenvalue weighted by molar-refractivity contribution is 5.97. The third kappa shape index (κ3) is 3.36. The van der Waals surface area contributed by atoms with E-state index in [0.29, 0.717) is 6.54 Å². The smallest absolute Gasteiger partial charge is 0.335 e. The van der Waals surface area contributed by atoms with Crippen molar-refractivity contribution in [1.82, 2.24) is 9.88 Å². The summed E-state index contributed by atoms with van der Waals surface area (Å²) in [6.07, 6.45) is 1.49. The van der Waals surface area contributed by atoms with Crippen molar-refractivity contribution in [3.63, 3.8) is 0 Å². The molecule has 1 aliphatic rings. The van der Waals surface area contributed by atoms with Crippen LogP contribution in [0.3, 0.4) is 0 Å². The Morgan fingerprint density at radius 1 is 1.48 bits per heavy atom. The van der Waals surface area contributed by atoms with Crippen LogP contribution in [0.15, 0.2) is 18.3 Å². The summed E-state index contributed by atoms with van der Waals surface area (Å²) in [6, 6.07) is 2.69. The topological polar surface area (TPSA) is 99.6 Å². The Morgan fingerprint density at radius 2 is 2.19 bits per heavy atom. The minimum Gasteiger partial charge on any atom is -0.478 e. The summed E-state index contributed by atoms with van der Waals surface area (Å²) in [5.74, 6) is -1.71. The van der Waals surface area contributed by atoms with Crippen molar-refractivity contribution in [3.8, 4) is 0 Å². The molecule has 112 valence electrons. The van der Waals surface area contributed by atoms with Crippen LogP contribution < -0.4 is 5.32 Å². The molecule has 7 nitrogen and oxygen atoms in total. The van der Waals surface area contributed by atoms with Gasteiger partial charge in [0.2, 0.25) is 11.8 Å². The summed E-state index contributed by atoms with van der Waals surface area (Å²) in [5.41, 5.74) is 0.0478. The summed E-state index contributed by atoms with van der Waals surface area (Å²) in [6.45, 7) is 4.17. The van der Waals surface area contributed by atoms with Crippen LogP contribution >= 0.6 is 0 Å². The monoisotopic (exact) mass is 291 g/mol. The van der Waals surface area contributed by atoms with Gasteiger partial charge in [-0.15, -0.1) is 0 Å². The number of carbonyl (C=O) groups is 3. The molecule has 0 saturated carbocycles. The highest BCUT2D eigenvalue weighted by atomic mass is 16.4. The number of anilines is 1. The maximum atomic E-state index is 12.1. The average Bonchev–Trinajstić information content (AvgIpc) is 2.81. The Kier molecular flexibility index (Phi) is 4.21. The van der Waals surface area contributed by atoms with E-state index in [1.54, 1.807) is 4.90 Å². The van der Waals surface area contributed by atoms with E-state index in [1.165, 1.54) is 18.3 Å². The second-order valence-corrected chi connectivity index (χ2v) is 5.27. The molecule has 1 fully saturated rings. The van der Waals surface area contributed by atoms with E-state index in [2.05, 4.69) is 10.3 Å². The SMILES string of the molecule is CC(C)N1CC(C(=O)Nc2cc(C(=O)O)ccn2)CC1=O. The first kappa shape index (κ1) is 15.0. The van der Waals surface area contributed by atoms with E-state index in [9.17, 15) is 14.4 Å². The lowest BCUT2D eigenvalue weighted by Gasteiger charge is -2.20. The van der Waals surface area contributed by atoms with Gasteiger partial charge in [0.25, 0.3) is 0 Å². The Labute approximate surface area is 122 Å². The zero-order valence-electron chi connectivity index (χ0n) is 11.9. The van der Waals surface area contributed by atoms with Gasteiger partial charge in [-0.05, 0) is 26.0 Å². The second-order valence-electron chi connectivity index (χ2n) is 5.27. The number of rotatable bonds is 4. The first-order valence-corrected chi connectivity index (χ1v) is 6.68. The van der Waals surface area contributed by atoms with Crippen molar-refractivity contribution in [3.05, 3.63) is 23.9 Å². The Bertz CT molecular complexity index is 585. The van der Waals surface area contributed by atoms with Gasteiger partial charge in [-0.1, -0.05) is 0 Å². The maximum Gasteiger partial charge on any atom is 0.335 e. The Balaban J connectivity index is 2.04. The molecular formula is C14H17N3O4. The lowest BCUT2D eigenvalue weighted by atomic mass is 10.1. The van der Waals surface area contributed by atoms with Crippen molar-refractivity contribution in [2.24, 2.45) is 5.92 Å². The number of carboxylic acid groups (broad SMARTS) is 1. The van der Waals surface area contributed by atoms with Crippen LogP contribution in [0.5, 0.6) is 0 Å². The third-order valence-corrected chi connectivity index (χ3v) is 3.41. The normalized spacial score (nSPS) is 18.1. The van der Waals surface area contributed by atoms with Crippen LogP contribution in [0.25, 0.3) is 0 Å². The van der Waals surface area contributed by atoms with Crippen LogP contribution in [-0.2, 0) is 9.59 Å². The third-order valence-electron chi connectivity index (χ3n) is 3.41. The van der Waals surface area contributed by atoms with Gasteiger partial charge in [0, 0.05) is 25.2 Å². The molecule has 0 radical (unpaired) electrons. The molecule has 2 N–H and O–H groups in total. The number of hydrogen-bond donors (Lipinski definition) is 2. The Hall–Kier alpha value is -2.44. The molecule has 0 aliphatic carbocycles. The van der Waals surface area contributed by atoms with Crippen molar-refractivity contribution in [2.45, 2.75) is 26.3 Å². The van der Waals surface area contributed by atoms with Crippen LogP contribution in [0.4, 0.5) is 5.82 Å². The van der Waals surface area contributed by atoms with E-state index >= 15 is 0 Å². The van der Waals surface area contributed by atoms with Crippen molar-refractivity contribution in [2.75, 3.05) is 11.9 Å². The summed E-state index contributed by atoms with van der Waals surface area (Å²) < 4.78 is 0. The number of aromatic nitrogens is 1. The molecule has 0 spiro atoms. The molecule has 2 rings (SSSR count). The molecule has 1 saturated heterocycles. The molecule has 1 aromatic rings. The number of carboxylic acids is 1. The number of nitrogens with one attached hydrogen (secondary N) is 1. The number of aromatic carboxylic acids is 1. The standard InChI is InChI=1S/C14H17N3O4/c1-8(2)17-7-10(6-12(17)18)13(19)16-11-5-9(14(20)21)3-4-15-11/h3-5,8,10H,6-7H2,1-2H3,(H,20,21)(H,15,16,19).